The van der Waals surface area contributed by atoms with Crippen molar-refractivity contribution < 1.29 is 27.5 Å². The van der Waals surface area contributed by atoms with E-state index in [0.717, 1.165) is 18.5 Å². The molecule has 3 atom stereocenters. The van der Waals surface area contributed by atoms with E-state index in [1.807, 2.05) is 0 Å². The van der Waals surface area contributed by atoms with Crippen LogP contribution >= 0.6 is 0 Å². The number of carbonyl (C=O) groups is 2. The molecule has 9 nitrogen and oxygen atoms in total. The molecule has 1 fully saturated rings. The number of aliphatic imine (C=N–C) groups is 1. The number of nitrogens with two attached hydrogens (primary N) is 1. The number of aromatic nitrogens is 2. The van der Waals surface area contributed by atoms with Crippen molar-refractivity contribution in [2.24, 2.45) is 16.6 Å². The molecule has 2 amide bonds. The third-order valence-electron chi connectivity index (χ3n) is 5.62. The van der Waals surface area contributed by atoms with Crippen LogP contribution in [0.4, 0.5) is 18.9 Å². The van der Waals surface area contributed by atoms with Gasteiger partial charge in [0.25, 0.3) is 12.3 Å². The van der Waals surface area contributed by atoms with Crippen molar-refractivity contribution in [2.75, 3.05) is 19.0 Å². The lowest BCUT2D eigenvalue weighted by atomic mass is 9.76. The van der Waals surface area contributed by atoms with Crippen molar-refractivity contribution in [1.82, 2.24) is 14.9 Å². The number of anilines is 1. The van der Waals surface area contributed by atoms with Gasteiger partial charge in [-0.05, 0) is 25.1 Å². The number of halogens is 3. The molecule has 0 aliphatic carbocycles. The van der Waals surface area contributed by atoms with Gasteiger partial charge in [0.1, 0.15) is 22.7 Å². The lowest BCUT2D eigenvalue weighted by molar-refractivity contribution is -0.134. The van der Waals surface area contributed by atoms with Crippen LogP contribution in [0.25, 0.3) is 0 Å². The first-order valence-corrected chi connectivity index (χ1v) is 9.60. The molecule has 1 aromatic heterocycles. The zero-order valence-electron chi connectivity index (χ0n) is 17.1. The number of benzene rings is 1. The molecule has 2 aromatic rings. The van der Waals surface area contributed by atoms with Crippen molar-refractivity contribution in [3.63, 3.8) is 0 Å². The number of carbonyl (C=O) groups excluding carboxylic acids is 2. The van der Waals surface area contributed by atoms with Gasteiger partial charge in [0, 0.05) is 18.3 Å². The number of nitrogens with one attached hydrogen (secondary N) is 1. The summed E-state index contributed by atoms with van der Waals surface area (Å²) >= 11 is 0. The molecular formula is C20H19F3N6O3. The summed E-state index contributed by atoms with van der Waals surface area (Å²) < 4.78 is 45.9. The topological polar surface area (TPSA) is 123 Å². The number of amides is 2. The number of nitrogens with zero attached hydrogens (tertiary/aromatic N) is 4. The summed E-state index contributed by atoms with van der Waals surface area (Å²) in [4.78, 5) is 38.1. The van der Waals surface area contributed by atoms with Crippen molar-refractivity contribution in [3.05, 3.63) is 53.4 Å². The summed E-state index contributed by atoms with van der Waals surface area (Å²) in [6.07, 6.45) is -1.63. The Kier molecular flexibility index (Phi) is 5.33. The fourth-order valence-corrected chi connectivity index (χ4v) is 3.94. The van der Waals surface area contributed by atoms with Crippen LogP contribution < -0.4 is 11.1 Å². The molecule has 0 radical (unpaired) electrons. The summed E-state index contributed by atoms with van der Waals surface area (Å²) in [5.41, 5.74) is 3.97. The lowest BCUT2D eigenvalue weighted by Gasteiger charge is -2.38. The molecule has 2 aliphatic rings. The molecule has 12 heteroatoms. The van der Waals surface area contributed by atoms with E-state index in [9.17, 15) is 22.8 Å². The van der Waals surface area contributed by atoms with E-state index in [1.165, 1.54) is 24.1 Å². The van der Waals surface area contributed by atoms with Crippen LogP contribution in [0.2, 0.25) is 0 Å². The molecular weight excluding hydrogens is 429 g/mol. The van der Waals surface area contributed by atoms with Gasteiger partial charge in [0.05, 0.1) is 31.0 Å². The normalized spacial score (nSPS) is 25.0. The standard InChI is InChI=1S/C20H19F3N6O3/c1-9-15-18(31)29(2)19(24)28-20(15,8-32-9)11-5-10(3-4-12(11)21)27-17(30)14-7-25-13(6-26-14)16(22)23/h3-7,9,15-16H,8H2,1-2H3,(H2,24,28)(H,27,30). The van der Waals surface area contributed by atoms with E-state index in [0.29, 0.717) is 0 Å². The third kappa shape index (κ3) is 3.45. The number of guanidine groups is 1. The van der Waals surface area contributed by atoms with Gasteiger partial charge < -0.3 is 15.8 Å². The Labute approximate surface area is 180 Å². The first-order chi connectivity index (χ1) is 15.1. The van der Waals surface area contributed by atoms with Gasteiger partial charge in [0.2, 0.25) is 5.91 Å². The summed E-state index contributed by atoms with van der Waals surface area (Å²) in [6.45, 7) is 1.62. The first-order valence-electron chi connectivity index (χ1n) is 9.60. The van der Waals surface area contributed by atoms with Gasteiger partial charge in [-0.15, -0.1) is 0 Å². The quantitative estimate of drug-likeness (QED) is 0.736. The molecule has 1 saturated heterocycles. The molecule has 1 aromatic carbocycles. The number of hydrogen-bond acceptors (Lipinski definition) is 7. The first kappa shape index (κ1) is 21.7. The molecule has 2 aliphatic heterocycles. The van der Waals surface area contributed by atoms with Crippen LogP contribution in [-0.2, 0) is 15.1 Å². The molecule has 0 bridgehead atoms. The summed E-state index contributed by atoms with van der Waals surface area (Å²) in [5, 5.41) is 2.52. The minimum Gasteiger partial charge on any atom is -0.375 e. The largest absolute Gasteiger partial charge is 0.375 e. The molecule has 3 heterocycles. The predicted octanol–water partition coefficient (Wildman–Crippen LogP) is 1.82. The van der Waals surface area contributed by atoms with Crippen LogP contribution in [0, 0.1) is 11.7 Å². The van der Waals surface area contributed by atoms with Crippen LogP contribution in [0.5, 0.6) is 0 Å². The number of alkyl halides is 2. The summed E-state index contributed by atoms with van der Waals surface area (Å²) in [7, 11) is 1.48. The smallest absolute Gasteiger partial charge is 0.281 e. The number of rotatable bonds is 4. The van der Waals surface area contributed by atoms with Crippen molar-refractivity contribution in [1.29, 1.82) is 0 Å². The van der Waals surface area contributed by atoms with Gasteiger partial charge >= 0.3 is 0 Å². The maximum Gasteiger partial charge on any atom is 0.281 e. The highest BCUT2D eigenvalue weighted by Gasteiger charge is 2.58. The molecule has 3 unspecified atom stereocenters. The predicted molar refractivity (Wildman–Crippen MR) is 106 cm³/mol. The van der Waals surface area contributed by atoms with E-state index in [-0.39, 0.29) is 35.4 Å². The fraction of sp³-hybridized carbons (Fsp3) is 0.350. The minimum atomic E-state index is -2.81. The van der Waals surface area contributed by atoms with E-state index >= 15 is 0 Å². The highest BCUT2D eigenvalue weighted by Crippen LogP contribution is 2.47. The molecule has 4 rings (SSSR count). The highest BCUT2D eigenvalue weighted by molar-refractivity contribution is 6.03. The second-order valence-corrected chi connectivity index (χ2v) is 7.56. The number of ether oxygens (including phenoxy) is 1. The second kappa shape index (κ2) is 7.86. The Bertz CT molecular complexity index is 1110. The average molecular weight is 448 g/mol. The Hall–Kier alpha value is -3.54. The maximum absolute atomic E-state index is 14.9. The van der Waals surface area contributed by atoms with Gasteiger partial charge in [-0.1, -0.05) is 0 Å². The maximum atomic E-state index is 14.9. The zero-order valence-corrected chi connectivity index (χ0v) is 17.1. The zero-order chi connectivity index (χ0) is 23.2. The SMILES string of the molecule is CC1OCC2(c3cc(NC(=O)c4cnc(C(F)F)cn4)ccc3F)N=C(N)N(C)C(=O)C12. The number of hydrogen-bond donors (Lipinski definition) is 2. The average Bonchev–Trinajstić information content (AvgIpc) is 3.10. The summed E-state index contributed by atoms with van der Waals surface area (Å²) in [5.74, 6) is -2.63. The van der Waals surface area contributed by atoms with Crippen molar-refractivity contribution in [2.45, 2.75) is 25.0 Å². The third-order valence-corrected chi connectivity index (χ3v) is 5.62. The summed E-state index contributed by atoms with van der Waals surface area (Å²) in [6, 6.07) is 3.78. The Balaban J connectivity index is 1.68. The molecule has 32 heavy (non-hydrogen) atoms. The van der Waals surface area contributed by atoms with Crippen LogP contribution in [-0.4, -0.2) is 52.4 Å². The van der Waals surface area contributed by atoms with Crippen LogP contribution in [0.1, 0.15) is 35.1 Å². The molecule has 0 spiro atoms. The Morgan fingerprint density at radius 3 is 2.75 bits per heavy atom. The highest BCUT2D eigenvalue weighted by atomic mass is 19.3. The second-order valence-electron chi connectivity index (χ2n) is 7.56. The van der Waals surface area contributed by atoms with Gasteiger partial charge in [-0.25, -0.2) is 23.1 Å². The minimum absolute atomic E-state index is 0.0354. The van der Waals surface area contributed by atoms with E-state index in [4.69, 9.17) is 10.5 Å². The van der Waals surface area contributed by atoms with Gasteiger partial charge in [-0.3, -0.25) is 19.5 Å². The van der Waals surface area contributed by atoms with Crippen molar-refractivity contribution in [3.8, 4) is 0 Å². The lowest BCUT2D eigenvalue weighted by Crippen LogP contribution is -2.55. The fourth-order valence-electron chi connectivity index (χ4n) is 3.94. The molecule has 3 N–H and O–H groups in total. The number of fused-ring (bicyclic) bond motifs is 1. The van der Waals surface area contributed by atoms with Gasteiger partial charge in [0.15, 0.2) is 5.96 Å². The molecule has 0 saturated carbocycles. The van der Waals surface area contributed by atoms with E-state index in [1.54, 1.807) is 6.92 Å². The van der Waals surface area contributed by atoms with E-state index in [2.05, 4.69) is 20.3 Å². The Morgan fingerprint density at radius 2 is 2.09 bits per heavy atom. The van der Waals surface area contributed by atoms with Crippen LogP contribution in [0.3, 0.4) is 0 Å². The van der Waals surface area contributed by atoms with Gasteiger partial charge in [-0.2, -0.15) is 0 Å². The van der Waals surface area contributed by atoms with E-state index < -0.39 is 41.4 Å². The van der Waals surface area contributed by atoms with Crippen LogP contribution in [0.15, 0.2) is 35.6 Å². The van der Waals surface area contributed by atoms with Crippen molar-refractivity contribution >= 4 is 23.5 Å². The molecule has 168 valence electrons. The monoisotopic (exact) mass is 448 g/mol. The Morgan fingerprint density at radius 1 is 1.34 bits per heavy atom.